The second-order valence-electron chi connectivity index (χ2n) is 8.19. The minimum absolute atomic E-state index is 0.348. The van der Waals surface area contributed by atoms with Gasteiger partial charge in [-0.05, 0) is 49.9 Å². The van der Waals surface area contributed by atoms with Crippen molar-refractivity contribution >= 4 is 35.1 Å². The fourth-order valence-corrected chi connectivity index (χ4v) is 4.56. The summed E-state index contributed by atoms with van der Waals surface area (Å²) in [5.74, 6) is -5.85. The van der Waals surface area contributed by atoms with Crippen LogP contribution in [0.5, 0.6) is 0 Å². The van der Waals surface area contributed by atoms with Gasteiger partial charge in [-0.3, -0.25) is 9.59 Å². The zero-order chi connectivity index (χ0) is 21.7. The van der Waals surface area contributed by atoms with E-state index >= 15 is 0 Å². The largest absolute Gasteiger partial charge is 0.550 e. The van der Waals surface area contributed by atoms with E-state index in [1.165, 1.54) is 0 Å². The molecule has 2 aliphatic carbocycles. The number of carboxylic acids is 2. The Morgan fingerprint density at radius 1 is 0.600 bits per heavy atom. The van der Waals surface area contributed by atoms with Crippen molar-refractivity contribution in [2.45, 2.75) is 51.4 Å². The fourth-order valence-electron chi connectivity index (χ4n) is 4.56. The summed E-state index contributed by atoms with van der Waals surface area (Å²) in [5.41, 5.74) is 0.983. The lowest BCUT2D eigenvalue weighted by Crippen LogP contribution is -2.42. The molecule has 0 radical (unpaired) electrons. The first-order valence-corrected chi connectivity index (χ1v) is 10.5. The number of aliphatic carboxylic acids is 2. The molecule has 162 valence electrons. The molecule has 0 spiro atoms. The van der Waals surface area contributed by atoms with Gasteiger partial charge in [0.25, 0.3) is 0 Å². The van der Waals surface area contributed by atoms with Gasteiger partial charge in [-0.15, -0.1) is 0 Å². The van der Waals surface area contributed by atoms with Crippen molar-refractivity contribution in [1.29, 1.82) is 0 Å². The summed E-state index contributed by atoms with van der Waals surface area (Å²) in [6.07, 6.45) is 5.08. The van der Waals surface area contributed by atoms with E-state index in [0.29, 0.717) is 37.1 Å². The van der Waals surface area contributed by atoms with Crippen LogP contribution in [0.25, 0.3) is 0 Å². The average Bonchev–Trinajstić information content (AvgIpc) is 2.75. The van der Waals surface area contributed by atoms with Gasteiger partial charge < -0.3 is 30.4 Å². The SMILES string of the molecule is O=C([O-])[C@H]1CCCC[C@H]1C(=O)Nc1ccc(NC(=O)[C@@H]2CCCC[C@@H]2C(=O)[O-])cc1. The summed E-state index contributed by atoms with van der Waals surface area (Å²) in [6.45, 7) is 0. The highest BCUT2D eigenvalue weighted by Crippen LogP contribution is 2.32. The van der Waals surface area contributed by atoms with Gasteiger partial charge in [0.05, 0.1) is 0 Å². The summed E-state index contributed by atoms with van der Waals surface area (Å²) in [6, 6.07) is 6.45. The van der Waals surface area contributed by atoms with Crippen molar-refractivity contribution in [3.8, 4) is 0 Å². The van der Waals surface area contributed by atoms with E-state index in [0.717, 1.165) is 25.7 Å². The van der Waals surface area contributed by atoms with Gasteiger partial charge in [-0.1, -0.05) is 25.7 Å². The van der Waals surface area contributed by atoms with Crippen LogP contribution in [-0.2, 0) is 19.2 Å². The van der Waals surface area contributed by atoms with Crippen molar-refractivity contribution < 1.29 is 29.4 Å². The molecule has 0 unspecified atom stereocenters. The normalized spacial score (nSPS) is 26.4. The lowest BCUT2D eigenvalue weighted by molar-refractivity contribution is -0.315. The number of carboxylic acid groups (broad SMARTS) is 2. The van der Waals surface area contributed by atoms with E-state index in [-0.39, 0.29) is 11.8 Å². The zero-order valence-electron chi connectivity index (χ0n) is 16.7. The van der Waals surface area contributed by atoms with Crippen LogP contribution in [0.4, 0.5) is 11.4 Å². The maximum absolute atomic E-state index is 12.5. The first kappa shape index (κ1) is 21.8. The second-order valence-corrected chi connectivity index (χ2v) is 8.19. The van der Waals surface area contributed by atoms with E-state index in [1.807, 2.05) is 0 Å². The highest BCUT2D eigenvalue weighted by Gasteiger charge is 2.33. The Morgan fingerprint density at radius 2 is 0.900 bits per heavy atom. The molecular formula is C22H26N2O6-2. The summed E-state index contributed by atoms with van der Waals surface area (Å²) in [4.78, 5) is 47.6. The Morgan fingerprint density at radius 3 is 1.20 bits per heavy atom. The summed E-state index contributed by atoms with van der Waals surface area (Å²) in [7, 11) is 0. The number of benzene rings is 1. The number of amides is 2. The van der Waals surface area contributed by atoms with Crippen LogP contribution >= 0.6 is 0 Å². The third-order valence-electron chi connectivity index (χ3n) is 6.23. The van der Waals surface area contributed by atoms with Crippen LogP contribution in [0.3, 0.4) is 0 Å². The molecule has 2 N–H and O–H groups in total. The van der Waals surface area contributed by atoms with Crippen LogP contribution in [-0.4, -0.2) is 23.8 Å². The Labute approximate surface area is 175 Å². The van der Waals surface area contributed by atoms with Gasteiger partial charge in [-0.25, -0.2) is 0 Å². The maximum atomic E-state index is 12.5. The molecule has 0 saturated heterocycles. The zero-order valence-corrected chi connectivity index (χ0v) is 16.7. The fraction of sp³-hybridized carbons (Fsp3) is 0.545. The van der Waals surface area contributed by atoms with Crippen LogP contribution in [0.1, 0.15) is 51.4 Å². The number of nitrogens with one attached hydrogen (secondary N) is 2. The van der Waals surface area contributed by atoms with E-state index in [1.54, 1.807) is 24.3 Å². The number of carbonyl (C=O) groups is 4. The Bertz CT molecular complexity index is 739. The number of hydrogen-bond acceptors (Lipinski definition) is 6. The summed E-state index contributed by atoms with van der Waals surface area (Å²) < 4.78 is 0. The standard InChI is InChI=1S/C22H28N2O6/c25-19(15-5-1-3-7-17(15)21(27)28)23-13-9-11-14(12-10-13)24-20(26)16-6-2-4-8-18(16)22(29)30/h9-12,15-18H,1-8H2,(H,23,25)(H,24,26)(H,27,28)(H,29,30)/p-2/t15-,16-,17+,18+/m1/s1. The number of anilines is 2. The van der Waals surface area contributed by atoms with Crippen LogP contribution in [0, 0.1) is 23.7 Å². The van der Waals surface area contributed by atoms with Crippen LogP contribution in [0.2, 0.25) is 0 Å². The number of carbonyl (C=O) groups excluding carboxylic acids is 4. The third kappa shape index (κ3) is 5.17. The minimum Gasteiger partial charge on any atom is -0.550 e. The van der Waals surface area contributed by atoms with E-state index in [4.69, 9.17) is 0 Å². The Hall–Kier alpha value is -2.90. The van der Waals surface area contributed by atoms with E-state index < -0.39 is 35.6 Å². The van der Waals surface area contributed by atoms with Crippen molar-refractivity contribution in [3.63, 3.8) is 0 Å². The minimum atomic E-state index is -1.19. The Kier molecular flexibility index (Phi) is 7.07. The van der Waals surface area contributed by atoms with Gasteiger partial charge in [0.15, 0.2) is 0 Å². The highest BCUT2D eigenvalue weighted by molar-refractivity contribution is 5.97. The molecular weight excluding hydrogens is 388 g/mol. The Balaban J connectivity index is 1.59. The molecule has 8 nitrogen and oxygen atoms in total. The van der Waals surface area contributed by atoms with Crippen LogP contribution < -0.4 is 20.8 Å². The summed E-state index contributed by atoms with van der Waals surface area (Å²) in [5, 5.41) is 28.1. The lowest BCUT2D eigenvalue weighted by atomic mass is 9.78. The van der Waals surface area contributed by atoms with Crippen molar-refractivity contribution in [2.75, 3.05) is 10.6 Å². The van der Waals surface area contributed by atoms with Gasteiger partial charge in [0.2, 0.25) is 11.8 Å². The van der Waals surface area contributed by atoms with E-state index in [9.17, 15) is 29.4 Å². The van der Waals surface area contributed by atoms with Gasteiger partial charge in [0, 0.05) is 47.0 Å². The number of hydrogen-bond donors (Lipinski definition) is 2. The maximum Gasteiger partial charge on any atom is 0.228 e. The first-order valence-electron chi connectivity index (χ1n) is 10.5. The molecule has 3 rings (SSSR count). The van der Waals surface area contributed by atoms with Crippen molar-refractivity contribution in [1.82, 2.24) is 0 Å². The molecule has 2 fully saturated rings. The molecule has 2 saturated carbocycles. The first-order chi connectivity index (χ1) is 14.4. The molecule has 2 aliphatic rings. The molecule has 0 aliphatic heterocycles. The predicted octanol–water partition coefficient (Wildman–Crippen LogP) is 0.676. The molecule has 30 heavy (non-hydrogen) atoms. The van der Waals surface area contributed by atoms with Crippen molar-refractivity contribution in [3.05, 3.63) is 24.3 Å². The average molecular weight is 414 g/mol. The highest BCUT2D eigenvalue weighted by atomic mass is 16.4. The van der Waals surface area contributed by atoms with Crippen LogP contribution in [0.15, 0.2) is 24.3 Å². The monoisotopic (exact) mass is 414 g/mol. The quantitative estimate of drug-likeness (QED) is 0.702. The molecule has 2 amide bonds. The van der Waals surface area contributed by atoms with Gasteiger partial charge in [0.1, 0.15) is 0 Å². The summed E-state index contributed by atoms with van der Waals surface area (Å²) >= 11 is 0. The smallest absolute Gasteiger partial charge is 0.228 e. The van der Waals surface area contributed by atoms with Gasteiger partial charge in [-0.2, -0.15) is 0 Å². The lowest BCUT2D eigenvalue weighted by Gasteiger charge is -2.31. The van der Waals surface area contributed by atoms with E-state index in [2.05, 4.69) is 10.6 Å². The predicted molar refractivity (Wildman–Crippen MR) is 105 cm³/mol. The second kappa shape index (κ2) is 9.73. The molecule has 8 heteroatoms. The number of rotatable bonds is 6. The molecule has 1 aromatic rings. The molecule has 0 aromatic heterocycles. The topological polar surface area (TPSA) is 138 Å². The van der Waals surface area contributed by atoms with Crippen molar-refractivity contribution in [2.24, 2.45) is 23.7 Å². The van der Waals surface area contributed by atoms with Gasteiger partial charge >= 0.3 is 0 Å². The molecule has 0 bridgehead atoms. The molecule has 4 atom stereocenters. The third-order valence-corrected chi connectivity index (χ3v) is 6.23. The molecule has 0 heterocycles. The molecule has 1 aromatic carbocycles.